The van der Waals surface area contributed by atoms with E-state index in [0.717, 1.165) is 37.0 Å². The highest BCUT2D eigenvalue weighted by molar-refractivity contribution is 5.31. The normalized spacial score (nSPS) is 20.4. The summed E-state index contributed by atoms with van der Waals surface area (Å²) in [4.78, 5) is 0. The largest absolute Gasteiger partial charge is 0.491 e. The van der Waals surface area contributed by atoms with Crippen molar-refractivity contribution in [3.05, 3.63) is 29.8 Å². The second-order valence-corrected chi connectivity index (χ2v) is 6.16. The van der Waals surface area contributed by atoms with Crippen LogP contribution in [0.15, 0.2) is 24.3 Å². The maximum Gasteiger partial charge on any atom is 0.120 e. The van der Waals surface area contributed by atoms with Crippen LogP contribution in [0.3, 0.4) is 0 Å². The lowest BCUT2D eigenvalue weighted by molar-refractivity contribution is -0.0868. The minimum Gasteiger partial charge on any atom is -0.491 e. The Labute approximate surface area is 121 Å². The van der Waals surface area contributed by atoms with Crippen molar-refractivity contribution in [2.75, 3.05) is 0 Å². The van der Waals surface area contributed by atoms with Crippen LogP contribution in [0.5, 0.6) is 5.75 Å². The smallest absolute Gasteiger partial charge is 0.120 e. The van der Waals surface area contributed by atoms with Crippen molar-refractivity contribution in [2.45, 2.75) is 70.2 Å². The second-order valence-electron chi connectivity index (χ2n) is 6.16. The summed E-state index contributed by atoms with van der Waals surface area (Å²) in [7, 11) is 0. The second kappa shape index (κ2) is 6.59. The van der Waals surface area contributed by atoms with Gasteiger partial charge in [0.05, 0.1) is 11.7 Å². The molecule has 1 aliphatic rings. The summed E-state index contributed by atoms with van der Waals surface area (Å²) < 4.78 is 5.66. The van der Waals surface area contributed by atoms with Gasteiger partial charge in [-0.15, -0.1) is 0 Å². The molecule has 112 valence electrons. The monoisotopic (exact) mass is 278 g/mol. The zero-order chi connectivity index (χ0) is 14.6. The Kier molecular flexibility index (Phi) is 5.06. The van der Waals surface area contributed by atoms with Gasteiger partial charge in [0.15, 0.2) is 0 Å². The Morgan fingerprint density at radius 1 is 1.10 bits per heavy atom. The molecule has 1 aromatic rings. The lowest BCUT2D eigenvalue weighted by Gasteiger charge is -2.32. The Bertz CT molecular complexity index is 420. The molecule has 1 unspecified atom stereocenters. The highest BCUT2D eigenvalue weighted by Gasteiger charge is 2.36. The van der Waals surface area contributed by atoms with E-state index in [1.54, 1.807) is 0 Å². The van der Waals surface area contributed by atoms with Crippen molar-refractivity contribution in [3.63, 3.8) is 0 Å². The van der Waals surface area contributed by atoms with Crippen LogP contribution in [0.4, 0.5) is 0 Å². The quantitative estimate of drug-likeness (QED) is 0.827. The molecule has 3 nitrogen and oxygen atoms in total. The van der Waals surface area contributed by atoms with Crippen LogP contribution in [0, 0.1) is 0 Å². The number of hydrogen-bond acceptors (Lipinski definition) is 3. The minimum absolute atomic E-state index is 0.100. The summed E-state index contributed by atoms with van der Waals surface area (Å²) in [6.45, 7) is 3.95. The van der Waals surface area contributed by atoms with E-state index in [2.05, 4.69) is 0 Å². The molecule has 2 N–H and O–H groups in total. The molecule has 0 aliphatic heterocycles. The standard InChI is InChI=1S/C17H26O3/c1-13(2)20-15-9-7-8-14(12-15)16(18)17(19)10-5-3-4-6-11-17/h7-9,12-13,16,18-19H,3-6,10-11H2,1-2H3. The van der Waals surface area contributed by atoms with Crippen molar-refractivity contribution in [1.82, 2.24) is 0 Å². The van der Waals surface area contributed by atoms with E-state index in [1.165, 1.54) is 0 Å². The average molecular weight is 278 g/mol. The molecule has 3 heteroatoms. The maximum atomic E-state index is 10.8. The minimum atomic E-state index is -0.993. The topological polar surface area (TPSA) is 49.7 Å². The van der Waals surface area contributed by atoms with Gasteiger partial charge in [0.2, 0.25) is 0 Å². The lowest BCUT2D eigenvalue weighted by atomic mass is 9.84. The first-order chi connectivity index (χ1) is 9.51. The molecular formula is C17H26O3. The molecule has 0 bridgehead atoms. The van der Waals surface area contributed by atoms with Gasteiger partial charge in [-0.05, 0) is 44.4 Å². The Morgan fingerprint density at radius 2 is 1.75 bits per heavy atom. The molecule has 20 heavy (non-hydrogen) atoms. The van der Waals surface area contributed by atoms with Gasteiger partial charge >= 0.3 is 0 Å². The average Bonchev–Trinajstić information content (AvgIpc) is 2.63. The summed E-state index contributed by atoms with van der Waals surface area (Å²) in [5.41, 5.74) is -0.250. The summed E-state index contributed by atoms with van der Waals surface area (Å²) in [6, 6.07) is 7.46. The molecule has 1 atom stereocenters. The van der Waals surface area contributed by atoms with Crippen LogP contribution < -0.4 is 4.74 Å². The third kappa shape index (κ3) is 3.74. The molecule has 0 amide bonds. The summed E-state index contributed by atoms with van der Waals surface area (Å²) in [5, 5.41) is 21.3. The highest BCUT2D eigenvalue weighted by atomic mass is 16.5. The van der Waals surface area contributed by atoms with E-state index in [4.69, 9.17) is 4.74 Å². The molecule has 1 saturated carbocycles. The summed E-state index contributed by atoms with van der Waals surface area (Å²) in [6.07, 6.45) is 4.86. The fourth-order valence-electron chi connectivity index (χ4n) is 2.95. The predicted octanol–water partition coefficient (Wildman–Crippen LogP) is 3.59. The van der Waals surface area contributed by atoms with Gasteiger partial charge in [-0.25, -0.2) is 0 Å². The van der Waals surface area contributed by atoms with E-state index < -0.39 is 11.7 Å². The van der Waals surface area contributed by atoms with E-state index in [0.29, 0.717) is 12.8 Å². The summed E-state index contributed by atoms with van der Waals surface area (Å²) >= 11 is 0. The SMILES string of the molecule is CC(C)Oc1cccc(C(O)C2(O)CCCCCC2)c1. The molecule has 0 aromatic heterocycles. The van der Waals surface area contributed by atoms with Crippen LogP contribution in [-0.2, 0) is 0 Å². The highest BCUT2D eigenvalue weighted by Crippen LogP contribution is 2.38. The molecular weight excluding hydrogens is 252 g/mol. The first kappa shape index (κ1) is 15.3. The third-order valence-corrected chi connectivity index (χ3v) is 4.02. The Morgan fingerprint density at radius 3 is 2.35 bits per heavy atom. The molecule has 1 fully saturated rings. The van der Waals surface area contributed by atoms with Crippen molar-refractivity contribution in [3.8, 4) is 5.75 Å². The van der Waals surface area contributed by atoms with Crippen molar-refractivity contribution in [1.29, 1.82) is 0 Å². The van der Waals surface area contributed by atoms with Gasteiger partial charge in [0.25, 0.3) is 0 Å². The van der Waals surface area contributed by atoms with Gasteiger partial charge < -0.3 is 14.9 Å². The van der Waals surface area contributed by atoms with Crippen molar-refractivity contribution in [2.24, 2.45) is 0 Å². The zero-order valence-electron chi connectivity index (χ0n) is 12.5. The number of aliphatic hydroxyl groups is 2. The van der Waals surface area contributed by atoms with Gasteiger partial charge in [-0.3, -0.25) is 0 Å². The molecule has 0 heterocycles. The first-order valence-corrected chi connectivity index (χ1v) is 7.68. The van der Waals surface area contributed by atoms with Crippen LogP contribution in [-0.4, -0.2) is 21.9 Å². The molecule has 2 rings (SSSR count). The number of ether oxygens (including phenoxy) is 1. The number of aliphatic hydroxyl groups excluding tert-OH is 1. The number of benzene rings is 1. The molecule has 1 aromatic carbocycles. The zero-order valence-corrected chi connectivity index (χ0v) is 12.5. The number of hydrogen-bond donors (Lipinski definition) is 2. The van der Waals surface area contributed by atoms with Crippen molar-refractivity contribution >= 4 is 0 Å². The molecule has 1 aliphatic carbocycles. The van der Waals surface area contributed by atoms with Gasteiger partial charge in [-0.2, -0.15) is 0 Å². The van der Waals surface area contributed by atoms with E-state index in [-0.39, 0.29) is 6.10 Å². The molecule has 0 radical (unpaired) electrons. The van der Waals surface area contributed by atoms with E-state index in [1.807, 2.05) is 38.1 Å². The van der Waals surface area contributed by atoms with E-state index in [9.17, 15) is 10.2 Å². The van der Waals surface area contributed by atoms with Crippen LogP contribution >= 0.6 is 0 Å². The fraction of sp³-hybridized carbons (Fsp3) is 0.647. The Balaban J connectivity index is 2.16. The van der Waals surface area contributed by atoms with E-state index >= 15 is 0 Å². The van der Waals surface area contributed by atoms with Gasteiger partial charge in [0.1, 0.15) is 11.9 Å². The maximum absolute atomic E-state index is 10.8. The molecule has 0 saturated heterocycles. The lowest BCUT2D eigenvalue weighted by Crippen LogP contribution is -2.35. The van der Waals surface area contributed by atoms with Gasteiger partial charge in [0, 0.05) is 0 Å². The third-order valence-electron chi connectivity index (χ3n) is 4.02. The van der Waals surface area contributed by atoms with Crippen LogP contribution in [0.1, 0.15) is 64.0 Å². The summed E-state index contributed by atoms with van der Waals surface area (Å²) in [5.74, 6) is 0.744. The fourth-order valence-corrected chi connectivity index (χ4v) is 2.95. The first-order valence-electron chi connectivity index (χ1n) is 7.68. The van der Waals surface area contributed by atoms with Crippen molar-refractivity contribution < 1.29 is 14.9 Å². The predicted molar refractivity (Wildman–Crippen MR) is 79.8 cm³/mol. The Hall–Kier alpha value is -1.06. The molecule has 0 spiro atoms. The number of rotatable bonds is 4. The van der Waals surface area contributed by atoms with Crippen LogP contribution in [0.2, 0.25) is 0 Å². The van der Waals surface area contributed by atoms with Gasteiger partial charge in [-0.1, -0.05) is 37.8 Å². The van der Waals surface area contributed by atoms with Crippen LogP contribution in [0.25, 0.3) is 0 Å².